The van der Waals surface area contributed by atoms with Crippen LogP contribution >= 0.6 is 24.0 Å². The highest BCUT2D eigenvalue weighted by molar-refractivity contribution is 14.0. The van der Waals surface area contributed by atoms with Gasteiger partial charge in [-0.3, -0.25) is 0 Å². The molecule has 2 N–H and O–H groups in total. The average molecular weight is 559 g/mol. The second-order valence-corrected chi connectivity index (χ2v) is 6.67. The quantitative estimate of drug-likeness (QED) is 0.235. The first-order chi connectivity index (χ1) is 15.1. The van der Waals surface area contributed by atoms with Gasteiger partial charge in [0.1, 0.15) is 24.7 Å². The maximum Gasteiger partial charge on any atom is 0.194 e. The SMILES string of the molecule is CCNC(=NCc1ccc(OCCO)c(OC)c1)N(C)CCOc1ccc(OC)cc1.I. The van der Waals surface area contributed by atoms with Crippen molar-refractivity contribution in [1.29, 1.82) is 0 Å². The van der Waals surface area contributed by atoms with Gasteiger partial charge < -0.3 is 34.3 Å². The Labute approximate surface area is 207 Å². The number of aliphatic hydroxyl groups is 1. The van der Waals surface area contributed by atoms with Crippen LogP contribution in [0.4, 0.5) is 0 Å². The van der Waals surface area contributed by atoms with Gasteiger partial charge in [-0.1, -0.05) is 6.07 Å². The Morgan fingerprint density at radius 1 is 0.969 bits per heavy atom. The van der Waals surface area contributed by atoms with Crippen molar-refractivity contribution in [3.63, 3.8) is 0 Å². The fourth-order valence-corrected chi connectivity index (χ4v) is 2.80. The molecule has 0 amide bonds. The summed E-state index contributed by atoms with van der Waals surface area (Å²) in [5, 5.41) is 12.2. The maximum atomic E-state index is 8.93. The van der Waals surface area contributed by atoms with Gasteiger partial charge >= 0.3 is 0 Å². The lowest BCUT2D eigenvalue weighted by Gasteiger charge is -2.22. The number of likely N-dealkylation sites (N-methyl/N-ethyl adjacent to an activating group) is 1. The number of benzene rings is 2. The minimum absolute atomic E-state index is 0. The maximum absolute atomic E-state index is 8.93. The predicted octanol–water partition coefficient (Wildman–Crippen LogP) is 3.17. The van der Waals surface area contributed by atoms with Crippen LogP contribution in [0.5, 0.6) is 23.0 Å². The molecule has 0 heterocycles. The number of nitrogens with one attached hydrogen (secondary N) is 1. The van der Waals surface area contributed by atoms with Crippen molar-refractivity contribution in [3.05, 3.63) is 48.0 Å². The summed E-state index contributed by atoms with van der Waals surface area (Å²) in [5.74, 6) is 3.61. The van der Waals surface area contributed by atoms with Crippen LogP contribution in [0, 0.1) is 0 Å². The summed E-state index contributed by atoms with van der Waals surface area (Å²) in [6, 6.07) is 13.2. The number of halogens is 1. The molecule has 8 nitrogen and oxygen atoms in total. The number of hydrogen-bond acceptors (Lipinski definition) is 6. The highest BCUT2D eigenvalue weighted by atomic mass is 127. The first-order valence-corrected chi connectivity index (χ1v) is 10.3. The molecular weight excluding hydrogens is 525 g/mol. The number of nitrogens with zero attached hydrogens (tertiary/aromatic N) is 2. The zero-order valence-corrected chi connectivity index (χ0v) is 21.5. The van der Waals surface area contributed by atoms with Crippen LogP contribution in [0.25, 0.3) is 0 Å². The zero-order valence-electron chi connectivity index (χ0n) is 19.2. The topological polar surface area (TPSA) is 84.8 Å². The Balaban J connectivity index is 0.00000512. The molecular formula is C23H34IN3O5. The van der Waals surface area contributed by atoms with Crippen LogP contribution in [0.1, 0.15) is 12.5 Å². The lowest BCUT2D eigenvalue weighted by molar-refractivity contribution is 0.196. The van der Waals surface area contributed by atoms with Crippen molar-refractivity contribution >= 4 is 29.9 Å². The highest BCUT2D eigenvalue weighted by Gasteiger charge is 2.08. The molecule has 9 heteroatoms. The molecule has 2 aromatic rings. The van der Waals surface area contributed by atoms with E-state index in [0.29, 0.717) is 31.2 Å². The number of rotatable bonds is 12. The van der Waals surface area contributed by atoms with E-state index in [2.05, 4.69) is 5.32 Å². The molecule has 0 fully saturated rings. The number of hydrogen-bond donors (Lipinski definition) is 2. The number of aliphatic imine (C=N–C) groups is 1. The lowest BCUT2D eigenvalue weighted by Crippen LogP contribution is -2.40. The molecule has 0 radical (unpaired) electrons. The van der Waals surface area contributed by atoms with E-state index in [1.807, 2.05) is 61.3 Å². The van der Waals surface area contributed by atoms with Gasteiger partial charge in [-0.05, 0) is 48.9 Å². The standard InChI is InChI=1S/C23H33N3O5.HI/c1-5-24-23(26(2)12-14-30-20-9-7-19(28-3)8-10-20)25-17-18-6-11-21(31-15-13-27)22(16-18)29-4;/h6-11,16,27H,5,12-15,17H2,1-4H3,(H,24,25);1H. The Morgan fingerprint density at radius 2 is 1.69 bits per heavy atom. The van der Waals surface area contributed by atoms with Gasteiger partial charge in [0.25, 0.3) is 0 Å². The van der Waals surface area contributed by atoms with Crippen molar-refractivity contribution in [2.75, 3.05) is 54.2 Å². The summed E-state index contributed by atoms with van der Waals surface area (Å²) >= 11 is 0. The van der Waals surface area contributed by atoms with Crippen molar-refractivity contribution in [1.82, 2.24) is 10.2 Å². The molecule has 2 aromatic carbocycles. The fraction of sp³-hybridized carbons (Fsp3) is 0.435. The van der Waals surface area contributed by atoms with Gasteiger partial charge in [0, 0.05) is 13.6 Å². The third-order valence-electron chi connectivity index (χ3n) is 4.44. The highest BCUT2D eigenvalue weighted by Crippen LogP contribution is 2.28. The summed E-state index contributed by atoms with van der Waals surface area (Å²) in [5.41, 5.74) is 0.992. The number of aliphatic hydroxyl groups excluding tert-OH is 1. The molecule has 0 unspecified atom stereocenters. The van der Waals surface area contributed by atoms with Crippen molar-refractivity contribution in [2.24, 2.45) is 4.99 Å². The van der Waals surface area contributed by atoms with Crippen LogP contribution in [0.3, 0.4) is 0 Å². The Morgan fingerprint density at radius 3 is 2.31 bits per heavy atom. The van der Waals surface area contributed by atoms with E-state index in [1.165, 1.54) is 0 Å². The average Bonchev–Trinajstić information content (AvgIpc) is 2.80. The van der Waals surface area contributed by atoms with E-state index in [0.717, 1.165) is 29.6 Å². The van der Waals surface area contributed by atoms with Crippen molar-refractivity contribution < 1.29 is 24.1 Å². The first-order valence-electron chi connectivity index (χ1n) is 10.3. The molecule has 32 heavy (non-hydrogen) atoms. The van der Waals surface area contributed by atoms with Crippen molar-refractivity contribution in [2.45, 2.75) is 13.5 Å². The van der Waals surface area contributed by atoms with Crippen molar-refractivity contribution in [3.8, 4) is 23.0 Å². The largest absolute Gasteiger partial charge is 0.497 e. The summed E-state index contributed by atoms with van der Waals surface area (Å²) in [6.45, 7) is 4.67. The van der Waals surface area contributed by atoms with Crippen LogP contribution in [-0.4, -0.2) is 70.1 Å². The second kappa shape index (κ2) is 15.4. The molecule has 0 aliphatic rings. The predicted molar refractivity (Wildman–Crippen MR) is 137 cm³/mol. The van der Waals surface area contributed by atoms with Crippen LogP contribution in [0.15, 0.2) is 47.5 Å². The fourth-order valence-electron chi connectivity index (χ4n) is 2.80. The van der Waals surface area contributed by atoms with E-state index in [-0.39, 0.29) is 37.2 Å². The minimum Gasteiger partial charge on any atom is -0.497 e. The first kappa shape index (κ1) is 27.6. The number of methoxy groups -OCH3 is 2. The van der Waals surface area contributed by atoms with E-state index >= 15 is 0 Å². The molecule has 0 aliphatic heterocycles. The van der Waals surface area contributed by atoms with Gasteiger partial charge in [0.15, 0.2) is 17.5 Å². The molecule has 0 aliphatic carbocycles. The Kier molecular flexibility index (Phi) is 13.3. The van der Waals surface area contributed by atoms with E-state index in [9.17, 15) is 0 Å². The summed E-state index contributed by atoms with van der Waals surface area (Å²) in [7, 11) is 5.21. The second-order valence-electron chi connectivity index (χ2n) is 6.67. The monoisotopic (exact) mass is 559 g/mol. The lowest BCUT2D eigenvalue weighted by atomic mass is 10.2. The van der Waals surface area contributed by atoms with Gasteiger partial charge in [0.05, 0.1) is 33.9 Å². The third-order valence-corrected chi connectivity index (χ3v) is 4.44. The van der Waals surface area contributed by atoms with Gasteiger partial charge in [-0.15, -0.1) is 24.0 Å². The third kappa shape index (κ3) is 8.99. The smallest absolute Gasteiger partial charge is 0.194 e. The molecule has 0 saturated heterocycles. The summed E-state index contributed by atoms with van der Waals surface area (Å²) in [6.07, 6.45) is 0. The molecule has 0 saturated carbocycles. The van der Waals surface area contributed by atoms with Crippen LogP contribution in [0.2, 0.25) is 0 Å². The van der Waals surface area contributed by atoms with E-state index < -0.39 is 0 Å². The van der Waals surface area contributed by atoms with E-state index in [1.54, 1.807) is 14.2 Å². The van der Waals surface area contributed by atoms with Gasteiger partial charge in [0.2, 0.25) is 0 Å². The molecule has 0 bridgehead atoms. The number of guanidine groups is 1. The normalized spacial score (nSPS) is 10.7. The molecule has 0 spiro atoms. The van der Waals surface area contributed by atoms with Crippen LogP contribution in [-0.2, 0) is 6.54 Å². The molecule has 178 valence electrons. The minimum atomic E-state index is -0.0459. The van der Waals surface area contributed by atoms with Crippen LogP contribution < -0.4 is 24.3 Å². The Hall–Kier alpha value is -2.40. The van der Waals surface area contributed by atoms with E-state index in [4.69, 9.17) is 29.0 Å². The summed E-state index contributed by atoms with van der Waals surface area (Å²) in [4.78, 5) is 6.75. The Bertz CT molecular complexity index is 818. The molecule has 0 atom stereocenters. The van der Waals surface area contributed by atoms with Gasteiger partial charge in [-0.25, -0.2) is 4.99 Å². The molecule has 2 rings (SSSR count). The zero-order chi connectivity index (χ0) is 22.5. The summed E-state index contributed by atoms with van der Waals surface area (Å²) < 4.78 is 21.8. The molecule has 0 aromatic heterocycles. The van der Waals surface area contributed by atoms with Gasteiger partial charge in [-0.2, -0.15) is 0 Å². The number of ether oxygens (including phenoxy) is 4.